The molecule has 1 unspecified atom stereocenters. The van der Waals surface area contributed by atoms with Crippen LogP contribution in [0, 0.1) is 0 Å². The maximum absolute atomic E-state index is 13.9. The summed E-state index contributed by atoms with van der Waals surface area (Å²) >= 11 is 3.35. The summed E-state index contributed by atoms with van der Waals surface area (Å²) in [4.78, 5) is 28.6. The van der Waals surface area contributed by atoms with Gasteiger partial charge in [-0.15, -0.1) is 0 Å². The highest BCUT2D eigenvalue weighted by atomic mass is 79.9. The maximum atomic E-state index is 13.9. The smallest absolute Gasteiger partial charge is 0.262 e. The van der Waals surface area contributed by atoms with Gasteiger partial charge in [0.1, 0.15) is 5.75 Å². The van der Waals surface area contributed by atoms with E-state index in [9.17, 15) is 18.0 Å². The minimum atomic E-state index is -4.01. The van der Waals surface area contributed by atoms with Gasteiger partial charge in [0.25, 0.3) is 5.91 Å². The molecule has 1 atom stereocenters. The van der Waals surface area contributed by atoms with Crippen molar-refractivity contribution in [2.45, 2.75) is 23.8 Å². The second-order valence-corrected chi connectivity index (χ2v) is 13.0. The van der Waals surface area contributed by atoms with Crippen molar-refractivity contribution >= 4 is 43.5 Å². The van der Waals surface area contributed by atoms with Gasteiger partial charge in [-0.1, -0.05) is 88.7 Å². The normalized spacial score (nSPS) is 14.6. The van der Waals surface area contributed by atoms with Crippen molar-refractivity contribution in [3.63, 3.8) is 0 Å². The second-order valence-electron chi connectivity index (χ2n) is 10.1. The molecular formula is C33H32BrN3O5S. The minimum absolute atomic E-state index is 0.0438. The number of carbonyl (C=O) groups excluding carboxylic acids is 2. The number of fused-ring (bicyclic) bond motifs is 1. The zero-order valence-electron chi connectivity index (χ0n) is 23.4. The van der Waals surface area contributed by atoms with Crippen LogP contribution in [0.3, 0.4) is 0 Å². The van der Waals surface area contributed by atoms with Crippen molar-refractivity contribution in [2.75, 3.05) is 31.1 Å². The molecule has 2 amide bonds. The van der Waals surface area contributed by atoms with Crippen LogP contribution in [0.4, 0.5) is 5.69 Å². The molecule has 1 heterocycles. The van der Waals surface area contributed by atoms with Gasteiger partial charge in [0.15, 0.2) is 6.10 Å². The van der Waals surface area contributed by atoms with Gasteiger partial charge in [-0.25, -0.2) is 8.42 Å². The van der Waals surface area contributed by atoms with Crippen LogP contribution in [-0.4, -0.2) is 56.8 Å². The summed E-state index contributed by atoms with van der Waals surface area (Å²) in [6.07, 6.45) is 0.134. The Labute approximate surface area is 260 Å². The predicted octanol–water partition coefficient (Wildman–Crippen LogP) is 4.84. The van der Waals surface area contributed by atoms with Crippen molar-refractivity contribution in [1.82, 2.24) is 9.62 Å². The molecule has 4 aromatic rings. The lowest BCUT2D eigenvalue weighted by Gasteiger charge is -2.35. The molecule has 0 aromatic heterocycles. The van der Waals surface area contributed by atoms with E-state index in [-0.39, 0.29) is 23.9 Å². The Hall–Kier alpha value is -3.99. The zero-order chi connectivity index (χ0) is 30.2. The number of para-hydroxylation sites is 2. The summed E-state index contributed by atoms with van der Waals surface area (Å²) < 4.78 is 35.5. The molecule has 10 heteroatoms. The lowest BCUT2D eigenvalue weighted by atomic mass is 10.1. The van der Waals surface area contributed by atoms with Gasteiger partial charge in [0.2, 0.25) is 15.9 Å². The first-order valence-electron chi connectivity index (χ1n) is 14.0. The van der Waals surface area contributed by atoms with E-state index in [1.807, 2.05) is 60.7 Å². The van der Waals surface area contributed by atoms with Crippen LogP contribution >= 0.6 is 15.9 Å². The van der Waals surface area contributed by atoms with Gasteiger partial charge >= 0.3 is 0 Å². The van der Waals surface area contributed by atoms with Crippen LogP contribution in [0.15, 0.2) is 119 Å². The number of rotatable bonds is 11. The summed E-state index contributed by atoms with van der Waals surface area (Å²) in [6, 6.07) is 32.6. The fourth-order valence-corrected chi connectivity index (χ4v) is 6.52. The van der Waals surface area contributed by atoms with Gasteiger partial charge in [0, 0.05) is 17.6 Å². The second kappa shape index (κ2) is 14.0. The Balaban J connectivity index is 1.35. The van der Waals surface area contributed by atoms with E-state index >= 15 is 0 Å². The highest BCUT2D eigenvalue weighted by molar-refractivity contribution is 9.10. The highest BCUT2D eigenvalue weighted by Gasteiger charge is 2.36. The summed E-state index contributed by atoms with van der Waals surface area (Å²) in [7, 11) is -4.01. The first kappa shape index (κ1) is 30.5. The Kier molecular flexibility index (Phi) is 9.91. The summed E-state index contributed by atoms with van der Waals surface area (Å²) in [5, 5.41) is 2.91. The molecule has 43 heavy (non-hydrogen) atoms. The first-order valence-corrected chi connectivity index (χ1v) is 16.2. The van der Waals surface area contributed by atoms with Crippen LogP contribution in [0.2, 0.25) is 0 Å². The number of sulfonamides is 1. The molecule has 4 aromatic carbocycles. The van der Waals surface area contributed by atoms with Crippen LogP contribution < -0.4 is 15.0 Å². The molecule has 8 nitrogen and oxygen atoms in total. The summed E-state index contributed by atoms with van der Waals surface area (Å²) in [5.41, 5.74) is 2.54. The number of nitrogens with one attached hydrogen (secondary N) is 1. The van der Waals surface area contributed by atoms with Gasteiger partial charge in [-0.05, 0) is 60.4 Å². The fourth-order valence-electron chi connectivity index (χ4n) is 4.87. The third-order valence-electron chi connectivity index (χ3n) is 7.18. The van der Waals surface area contributed by atoms with E-state index in [1.165, 1.54) is 21.3 Å². The lowest BCUT2D eigenvalue weighted by Crippen LogP contribution is -2.53. The fraction of sp³-hybridized carbons (Fsp3) is 0.212. The number of benzene rings is 4. The number of hydrogen-bond acceptors (Lipinski definition) is 5. The Morgan fingerprint density at radius 3 is 2.12 bits per heavy atom. The van der Waals surface area contributed by atoms with Gasteiger partial charge in [0.05, 0.1) is 23.7 Å². The highest BCUT2D eigenvalue weighted by Crippen LogP contribution is 2.33. The Bertz CT molecular complexity index is 1650. The van der Waals surface area contributed by atoms with E-state index in [0.29, 0.717) is 30.8 Å². The molecule has 1 N–H and O–H groups in total. The van der Waals surface area contributed by atoms with Crippen LogP contribution in [0.5, 0.6) is 5.75 Å². The third kappa shape index (κ3) is 7.70. The van der Waals surface area contributed by atoms with Crippen LogP contribution in [0.25, 0.3) is 0 Å². The molecule has 0 bridgehead atoms. The molecular weight excluding hydrogens is 630 g/mol. The Morgan fingerprint density at radius 2 is 1.44 bits per heavy atom. The van der Waals surface area contributed by atoms with Gasteiger partial charge in [-0.3, -0.25) is 9.59 Å². The Morgan fingerprint density at radius 1 is 0.837 bits per heavy atom. The summed E-state index contributed by atoms with van der Waals surface area (Å²) in [6.45, 7) is 0.0698. The SMILES string of the molecule is O=C(NCCc1ccccc1)C1CN(C(=O)CN(CCc2ccccc2)S(=O)(=O)c2ccc(Br)cc2)c2ccccc2O1. The largest absolute Gasteiger partial charge is 0.477 e. The van der Waals surface area contributed by atoms with Gasteiger partial charge < -0.3 is 15.0 Å². The molecule has 0 radical (unpaired) electrons. The van der Waals surface area contributed by atoms with Crippen molar-refractivity contribution in [2.24, 2.45) is 0 Å². The number of ether oxygens (including phenoxy) is 1. The molecule has 0 saturated carbocycles. The van der Waals surface area contributed by atoms with Crippen LogP contribution in [0.1, 0.15) is 11.1 Å². The number of nitrogens with zero attached hydrogens (tertiary/aromatic N) is 2. The molecule has 0 fully saturated rings. The summed E-state index contributed by atoms with van der Waals surface area (Å²) in [5.74, 6) is -0.407. The van der Waals surface area contributed by atoms with E-state index in [4.69, 9.17) is 4.74 Å². The molecule has 0 aliphatic carbocycles. The van der Waals surface area contributed by atoms with Crippen molar-refractivity contribution in [3.05, 3.63) is 125 Å². The molecule has 0 saturated heterocycles. The molecule has 5 rings (SSSR count). The van der Waals surface area contributed by atoms with Crippen LogP contribution in [-0.2, 0) is 32.5 Å². The molecule has 0 spiro atoms. The number of carbonyl (C=O) groups is 2. The lowest BCUT2D eigenvalue weighted by molar-refractivity contribution is -0.128. The van der Waals surface area contributed by atoms with E-state index in [2.05, 4.69) is 21.2 Å². The average molecular weight is 663 g/mol. The maximum Gasteiger partial charge on any atom is 0.262 e. The van der Waals surface area contributed by atoms with E-state index in [0.717, 1.165) is 15.6 Å². The number of halogens is 1. The number of hydrogen-bond donors (Lipinski definition) is 1. The van der Waals surface area contributed by atoms with E-state index in [1.54, 1.807) is 36.4 Å². The molecule has 1 aliphatic rings. The molecule has 1 aliphatic heterocycles. The number of amides is 2. The average Bonchev–Trinajstić information content (AvgIpc) is 3.03. The topological polar surface area (TPSA) is 96.0 Å². The standard InChI is InChI=1S/C33H32BrN3O5S/c34-27-15-17-28(18-16-27)43(40,41)36(22-20-26-11-5-2-6-12-26)24-32(38)37-23-31(42-30-14-8-7-13-29(30)37)33(39)35-21-19-25-9-3-1-4-10-25/h1-18,31H,19-24H2,(H,35,39). The zero-order valence-corrected chi connectivity index (χ0v) is 25.8. The number of anilines is 1. The van der Waals surface area contributed by atoms with E-state index < -0.39 is 28.6 Å². The predicted molar refractivity (Wildman–Crippen MR) is 169 cm³/mol. The minimum Gasteiger partial charge on any atom is -0.477 e. The van der Waals surface area contributed by atoms with Crippen molar-refractivity contribution in [1.29, 1.82) is 0 Å². The first-order chi connectivity index (χ1) is 20.8. The quantitative estimate of drug-likeness (QED) is 0.248. The van der Waals surface area contributed by atoms with Gasteiger partial charge in [-0.2, -0.15) is 4.31 Å². The van der Waals surface area contributed by atoms with Crippen molar-refractivity contribution in [3.8, 4) is 5.75 Å². The monoisotopic (exact) mass is 661 g/mol. The van der Waals surface area contributed by atoms with Crippen molar-refractivity contribution < 1.29 is 22.7 Å². The third-order valence-corrected chi connectivity index (χ3v) is 9.57. The molecule has 222 valence electrons.